The molecule has 0 aliphatic rings. The second-order valence-electron chi connectivity index (χ2n) is 3.93. The number of rotatable bonds is 5. The van der Waals surface area contributed by atoms with Crippen LogP contribution in [0.2, 0.25) is 0 Å². The number of aromatic nitrogens is 3. The van der Waals surface area contributed by atoms with Gasteiger partial charge in [0.1, 0.15) is 17.9 Å². The summed E-state index contributed by atoms with van der Waals surface area (Å²) >= 11 is 0. The van der Waals surface area contributed by atoms with Crippen LogP contribution in [0.5, 0.6) is 5.75 Å². The van der Waals surface area contributed by atoms with Crippen LogP contribution in [-0.4, -0.2) is 30.3 Å². The summed E-state index contributed by atoms with van der Waals surface area (Å²) in [6.07, 6.45) is 0.385. The van der Waals surface area contributed by atoms with E-state index < -0.39 is 0 Å². The van der Waals surface area contributed by atoms with E-state index in [4.69, 9.17) is 9.47 Å². The number of hydrogen-bond acceptors (Lipinski definition) is 5. The molecule has 110 valence electrons. The number of fused-ring (bicyclic) bond motifs is 1. The third kappa shape index (κ3) is 3.17. The Hall–Kier alpha value is -1.86. The fourth-order valence-corrected chi connectivity index (χ4v) is 1.71. The molecule has 1 heterocycles. The Labute approximate surface area is 121 Å². The Kier molecular flexibility index (Phi) is 5.72. The van der Waals surface area contributed by atoms with Crippen molar-refractivity contribution in [3.05, 3.63) is 34.1 Å². The number of ether oxygens (including phenoxy) is 2. The van der Waals surface area contributed by atoms with Crippen molar-refractivity contribution >= 4 is 23.4 Å². The number of benzene rings is 1. The molecule has 2 aromatic rings. The zero-order valence-corrected chi connectivity index (χ0v) is 12.1. The zero-order chi connectivity index (χ0) is 13.8. The lowest BCUT2D eigenvalue weighted by atomic mass is 10.3. The van der Waals surface area contributed by atoms with Crippen LogP contribution in [0.25, 0.3) is 11.0 Å². The third-order valence-corrected chi connectivity index (χ3v) is 2.68. The van der Waals surface area contributed by atoms with E-state index in [1.807, 2.05) is 0 Å². The highest BCUT2D eigenvalue weighted by atomic mass is 35.5. The van der Waals surface area contributed by atoms with Crippen LogP contribution in [0.15, 0.2) is 18.2 Å². The van der Waals surface area contributed by atoms with Crippen molar-refractivity contribution in [3.8, 4) is 5.75 Å². The van der Waals surface area contributed by atoms with E-state index in [0.717, 1.165) is 0 Å². The Morgan fingerprint density at radius 3 is 2.80 bits per heavy atom. The molecule has 2 rings (SSSR count). The van der Waals surface area contributed by atoms with Crippen molar-refractivity contribution < 1.29 is 13.9 Å². The molecule has 0 saturated heterocycles. The summed E-state index contributed by atoms with van der Waals surface area (Å²) in [5, 5.41) is 15.4. The standard InChI is InChI=1S/C12H15N3O4.ClH/c1-3-12-13-15(17)10-5-4-9(19-7-6-18-2)8-11(10)14(12)16;/h4-5,8H,3,6-7H2,1-2H3;1H. The lowest BCUT2D eigenvalue weighted by molar-refractivity contribution is -0.480. The summed E-state index contributed by atoms with van der Waals surface area (Å²) in [4.78, 5) is 12.5. The molecule has 0 spiro atoms. The first-order valence-electron chi connectivity index (χ1n) is 5.95. The van der Waals surface area contributed by atoms with Gasteiger partial charge in [-0.1, -0.05) is 11.8 Å². The van der Waals surface area contributed by atoms with Crippen LogP contribution in [-0.2, 0) is 11.2 Å². The van der Waals surface area contributed by atoms with E-state index in [1.165, 1.54) is 12.1 Å². The topological polar surface area (TPSA) is 82.3 Å². The molecule has 1 aromatic heterocycles. The maximum absolute atomic E-state index is 12.0. The number of halogens is 1. The number of methoxy groups -OCH3 is 1. The molecule has 0 fully saturated rings. The van der Waals surface area contributed by atoms with Crippen LogP contribution in [0.4, 0.5) is 0 Å². The Morgan fingerprint density at radius 2 is 2.15 bits per heavy atom. The molecule has 0 unspecified atom stereocenters. The van der Waals surface area contributed by atoms with Crippen LogP contribution < -0.4 is 9.16 Å². The quantitative estimate of drug-likeness (QED) is 0.614. The van der Waals surface area contributed by atoms with Gasteiger partial charge in [-0.3, -0.25) is 0 Å². The van der Waals surface area contributed by atoms with E-state index in [1.54, 1.807) is 20.1 Å². The van der Waals surface area contributed by atoms with Crippen molar-refractivity contribution in [2.75, 3.05) is 20.3 Å². The van der Waals surface area contributed by atoms with Gasteiger partial charge >= 0.3 is 5.82 Å². The first-order valence-corrected chi connectivity index (χ1v) is 5.95. The van der Waals surface area contributed by atoms with E-state index in [2.05, 4.69) is 5.10 Å². The second kappa shape index (κ2) is 7.06. The fourth-order valence-electron chi connectivity index (χ4n) is 1.71. The lowest BCUT2D eigenvalue weighted by Gasteiger charge is -2.08. The van der Waals surface area contributed by atoms with E-state index in [0.29, 0.717) is 34.7 Å². The van der Waals surface area contributed by atoms with Gasteiger partial charge in [0.2, 0.25) is 5.52 Å². The van der Waals surface area contributed by atoms with Crippen LogP contribution in [0, 0.1) is 10.1 Å². The average Bonchev–Trinajstić information content (AvgIpc) is 2.43. The number of hydrogen-bond donors (Lipinski definition) is 0. The minimum atomic E-state index is 0. The number of nitrogens with zero attached hydrogens (tertiary/aromatic N) is 3. The van der Waals surface area contributed by atoms with Gasteiger partial charge in [0.25, 0.3) is 0 Å². The molecule has 0 bridgehead atoms. The SMILES string of the molecule is CCc1nn([O-])c2ccc(OCCOC)cc2[n+]1=O.Cl. The Morgan fingerprint density at radius 1 is 1.40 bits per heavy atom. The number of aryl methyl sites for hydroxylation is 1. The minimum absolute atomic E-state index is 0. The molecule has 0 atom stereocenters. The fraction of sp³-hybridized carbons (Fsp3) is 0.417. The molecule has 0 amide bonds. The predicted molar refractivity (Wildman–Crippen MR) is 75.9 cm³/mol. The van der Waals surface area contributed by atoms with Gasteiger partial charge in [-0.15, -0.1) is 12.4 Å². The van der Waals surface area contributed by atoms with E-state index in [-0.39, 0.29) is 29.3 Å². The summed E-state index contributed by atoms with van der Waals surface area (Å²) in [6.45, 7) is 2.60. The molecule has 0 aliphatic carbocycles. The van der Waals surface area contributed by atoms with Gasteiger partial charge in [-0.05, 0) is 12.1 Å². The van der Waals surface area contributed by atoms with Crippen molar-refractivity contribution in [1.29, 1.82) is 0 Å². The molecule has 1 aromatic carbocycles. The molecule has 0 saturated carbocycles. The molecular weight excluding hydrogens is 286 g/mol. The molecular formula is C12H16ClN3O4. The first kappa shape index (κ1) is 16.2. The van der Waals surface area contributed by atoms with Crippen molar-refractivity contribution in [2.45, 2.75) is 13.3 Å². The monoisotopic (exact) mass is 301 g/mol. The highest BCUT2D eigenvalue weighted by molar-refractivity contribution is 5.85. The summed E-state index contributed by atoms with van der Waals surface area (Å²) in [5.74, 6) is 0.693. The van der Waals surface area contributed by atoms with Gasteiger partial charge in [-0.2, -0.15) is 4.85 Å². The molecule has 0 N–H and O–H groups in total. The second-order valence-corrected chi connectivity index (χ2v) is 3.93. The summed E-state index contributed by atoms with van der Waals surface area (Å²) in [7, 11) is 1.58. The third-order valence-electron chi connectivity index (χ3n) is 2.68. The maximum Gasteiger partial charge on any atom is 0.367 e. The Balaban J connectivity index is 0.00000200. The van der Waals surface area contributed by atoms with Gasteiger partial charge in [0, 0.05) is 17.6 Å². The smallest absolute Gasteiger partial charge is 0.367 e. The summed E-state index contributed by atoms with van der Waals surface area (Å²) < 4.78 is 10.9. The van der Waals surface area contributed by atoms with Crippen molar-refractivity contribution in [3.63, 3.8) is 0 Å². The molecule has 0 radical (unpaired) electrons. The van der Waals surface area contributed by atoms with E-state index in [9.17, 15) is 10.1 Å². The first-order chi connectivity index (χ1) is 9.17. The zero-order valence-electron chi connectivity index (χ0n) is 11.2. The minimum Gasteiger partial charge on any atom is -0.772 e. The highest BCUT2D eigenvalue weighted by Crippen LogP contribution is 2.17. The van der Waals surface area contributed by atoms with Crippen molar-refractivity contribution in [2.24, 2.45) is 0 Å². The normalized spacial score (nSPS) is 10.3. The highest BCUT2D eigenvalue weighted by Gasteiger charge is 2.15. The van der Waals surface area contributed by atoms with Gasteiger partial charge < -0.3 is 14.7 Å². The van der Waals surface area contributed by atoms with Crippen LogP contribution >= 0.6 is 12.4 Å². The molecule has 0 aliphatic heterocycles. The van der Waals surface area contributed by atoms with E-state index >= 15 is 0 Å². The summed E-state index contributed by atoms with van der Waals surface area (Å²) in [5.41, 5.74) is 0.461. The largest absolute Gasteiger partial charge is 0.772 e. The predicted octanol–water partition coefficient (Wildman–Crippen LogP) is 1.31. The average molecular weight is 302 g/mol. The van der Waals surface area contributed by atoms with Gasteiger partial charge in [-0.25, -0.2) is 0 Å². The van der Waals surface area contributed by atoms with Crippen LogP contribution in [0.3, 0.4) is 0 Å². The maximum atomic E-state index is 12.0. The molecule has 20 heavy (non-hydrogen) atoms. The van der Waals surface area contributed by atoms with Crippen LogP contribution in [0.1, 0.15) is 12.7 Å². The van der Waals surface area contributed by atoms with Gasteiger partial charge in [0.05, 0.1) is 18.1 Å². The van der Waals surface area contributed by atoms with Crippen molar-refractivity contribution in [1.82, 2.24) is 9.94 Å². The molecule has 7 nitrogen and oxygen atoms in total. The lowest BCUT2D eigenvalue weighted by Crippen LogP contribution is -2.26. The summed E-state index contributed by atoms with van der Waals surface area (Å²) in [6, 6.07) is 4.68. The molecule has 8 heteroatoms. The van der Waals surface area contributed by atoms with Gasteiger partial charge in [0.15, 0.2) is 0 Å². The Bertz CT molecular complexity index is 644.